The number of halogens is 1. The Morgan fingerprint density at radius 1 is 1.25 bits per heavy atom. The van der Waals surface area contributed by atoms with E-state index in [1.807, 2.05) is 0 Å². The van der Waals surface area contributed by atoms with Gasteiger partial charge in [-0.15, -0.1) is 0 Å². The van der Waals surface area contributed by atoms with Crippen LogP contribution in [0, 0.1) is 23.6 Å². The van der Waals surface area contributed by atoms with Crippen LogP contribution in [0.25, 0.3) is 0 Å². The van der Waals surface area contributed by atoms with Gasteiger partial charge in [-0.3, -0.25) is 11.3 Å². The molecule has 112 valence electrons. The predicted molar refractivity (Wildman–Crippen MR) is 78.7 cm³/mol. The van der Waals surface area contributed by atoms with Gasteiger partial charge in [0, 0.05) is 11.6 Å². The second kappa shape index (κ2) is 6.55. The summed E-state index contributed by atoms with van der Waals surface area (Å²) in [6.07, 6.45) is 3.42. The van der Waals surface area contributed by atoms with Crippen molar-refractivity contribution in [3.8, 4) is 5.75 Å². The molecule has 2 rings (SSSR count). The molecule has 4 heteroatoms. The highest BCUT2D eigenvalue weighted by atomic mass is 19.1. The third kappa shape index (κ3) is 3.30. The van der Waals surface area contributed by atoms with Gasteiger partial charge < -0.3 is 4.74 Å². The van der Waals surface area contributed by atoms with Crippen molar-refractivity contribution in [3.05, 3.63) is 29.6 Å². The van der Waals surface area contributed by atoms with Crippen LogP contribution in [0.1, 0.15) is 44.7 Å². The number of hydrogen-bond donors (Lipinski definition) is 2. The number of nitrogens with one attached hydrogen (secondary N) is 1. The molecular weight excluding hydrogens is 255 g/mol. The molecule has 1 fully saturated rings. The number of methoxy groups -OCH3 is 1. The lowest BCUT2D eigenvalue weighted by molar-refractivity contribution is 0.175. The van der Waals surface area contributed by atoms with Crippen molar-refractivity contribution in [2.75, 3.05) is 7.11 Å². The quantitative estimate of drug-likeness (QED) is 0.656. The summed E-state index contributed by atoms with van der Waals surface area (Å²) in [7, 11) is 1.54. The second-order valence-electron chi connectivity index (χ2n) is 6.21. The molecule has 1 aromatic rings. The van der Waals surface area contributed by atoms with Gasteiger partial charge >= 0.3 is 0 Å². The summed E-state index contributed by atoms with van der Waals surface area (Å²) in [6.45, 7) is 4.53. The number of ether oxygens (including phenoxy) is 1. The van der Waals surface area contributed by atoms with Crippen molar-refractivity contribution in [3.63, 3.8) is 0 Å². The smallest absolute Gasteiger partial charge is 0.131 e. The van der Waals surface area contributed by atoms with Crippen LogP contribution in [0.15, 0.2) is 18.2 Å². The Kier molecular flexibility index (Phi) is 5.00. The molecule has 1 aliphatic carbocycles. The SMILES string of the molecule is COc1ccc(C(NN)C2CC(C)CC(C)C2)c(F)c1. The number of nitrogens with two attached hydrogens (primary N) is 1. The maximum Gasteiger partial charge on any atom is 0.131 e. The molecular formula is C16H25FN2O. The van der Waals surface area contributed by atoms with Crippen LogP contribution in [-0.4, -0.2) is 7.11 Å². The molecule has 20 heavy (non-hydrogen) atoms. The molecule has 1 aliphatic rings. The Balaban J connectivity index is 2.23. The van der Waals surface area contributed by atoms with Crippen LogP contribution in [0.3, 0.4) is 0 Å². The molecule has 0 aliphatic heterocycles. The Bertz CT molecular complexity index is 442. The minimum absolute atomic E-state index is 0.133. The monoisotopic (exact) mass is 280 g/mol. The minimum atomic E-state index is -0.252. The number of rotatable bonds is 4. The third-order valence-electron chi connectivity index (χ3n) is 4.41. The highest BCUT2D eigenvalue weighted by Crippen LogP contribution is 2.40. The zero-order valence-corrected chi connectivity index (χ0v) is 12.5. The normalized spacial score (nSPS) is 28.1. The first kappa shape index (κ1) is 15.3. The molecule has 0 saturated heterocycles. The van der Waals surface area contributed by atoms with E-state index in [-0.39, 0.29) is 11.9 Å². The Labute approximate surface area is 120 Å². The molecule has 1 saturated carbocycles. The number of hydrogen-bond acceptors (Lipinski definition) is 3. The van der Waals surface area contributed by atoms with Gasteiger partial charge in [0.25, 0.3) is 0 Å². The minimum Gasteiger partial charge on any atom is -0.497 e. The lowest BCUT2D eigenvalue weighted by atomic mass is 9.72. The number of hydrazine groups is 1. The fraction of sp³-hybridized carbons (Fsp3) is 0.625. The zero-order chi connectivity index (χ0) is 14.7. The van der Waals surface area contributed by atoms with Gasteiger partial charge in [-0.05, 0) is 43.1 Å². The lowest BCUT2D eigenvalue weighted by Crippen LogP contribution is -2.37. The summed E-state index contributed by atoms with van der Waals surface area (Å²) in [5.41, 5.74) is 3.47. The Hall–Kier alpha value is -1.13. The summed E-state index contributed by atoms with van der Waals surface area (Å²) in [5.74, 6) is 7.71. The van der Waals surface area contributed by atoms with E-state index in [0.29, 0.717) is 29.1 Å². The van der Waals surface area contributed by atoms with Crippen molar-refractivity contribution < 1.29 is 9.13 Å². The zero-order valence-electron chi connectivity index (χ0n) is 12.5. The molecule has 0 spiro atoms. The average Bonchev–Trinajstić information content (AvgIpc) is 2.40. The molecule has 3 nitrogen and oxygen atoms in total. The van der Waals surface area contributed by atoms with Gasteiger partial charge in [-0.1, -0.05) is 19.9 Å². The van der Waals surface area contributed by atoms with E-state index >= 15 is 0 Å². The topological polar surface area (TPSA) is 47.3 Å². The third-order valence-corrected chi connectivity index (χ3v) is 4.41. The molecule has 0 bridgehead atoms. The highest BCUT2D eigenvalue weighted by molar-refractivity contribution is 5.31. The Morgan fingerprint density at radius 3 is 2.40 bits per heavy atom. The maximum absolute atomic E-state index is 14.2. The van der Waals surface area contributed by atoms with Crippen LogP contribution in [0.2, 0.25) is 0 Å². The van der Waals surface area contributed by atoms with Gasteiger partial charge in [0.15, 0.2) is 0 Å². The molecule has 0 amide bonds. The van der Waals surface area contributed by atoms with E-state index in [2.05, 4.69) is 19.3 Å². The number of benzene rings is 1. The summed E-state index contributed by atoms with van der Waals surface area (Å²) in [6, 6.07) is 4.86. The fourth-order valence-corrected chi connectivity index (χ4v) is 3.65. The summed E-state index contributed by atoms with van der Waals surface area (Å²) in [5, 5.41) is 0. The van der Waals surface area contributed by atoms with Crippen molar-refractivity contribution in [1.82, 2.24) is 5.43 Å². The van der Waals surface area contributed by atoms with E-state index in [9.17, 15) is 4.39 Å². The fourth-order valence-electron chi connectivity index (χ4n) is 3.65. The molecule has 3 N–H and O–H groups in total. The van der Waals surface area contributed by atoms with Gasteiger partial charge in [0.1, 0.15) is 11.6 Å². The van der Waals surface area contributed by atoms with Crippen molar-refractivity contribution >= 4 is 0 Å². The summed E-state index contributed by atoms with van der Waals surface area (Å²) < 4.78 is 19.3. The molecule has 3 unspecified atom stereocenters. The first-order valence-corrected chi connectivity index (χ1v) is 7.34. The van der Waals surface area contributed by atoms with E-state index < -0.39 is 0 Å². The van der Waals surface area contributed by atoms with Crippen molar-refractivity contribution in [2.24, 2.45) is 23.6 Å². The van der Waals surface area contributed by atoms with Gasteiger partial charge in [0.2, 0.25) is 0 Å². The van der Waals surface area contributed by atoms with Crippen LogP contribution in [0.4, 0.5) is 4.39 Å². The summed E-state index contributed by atoms with van der Waals surface area (Å²) >= 11 is 0. The first-order chi connectivity index (χ1) is 9.55. The van der Waals surface area contributed by atoms with Crippen molar-refractivity contribution in [2.45, 2.75) is 39.2 Å². The first-order valence-electron chi connectivity index (χ1n) is 7.34. The maximum atomic E-state index is 14.2. The van der Waals surface area contributed by atoms with Gasteiger partial charge in [0.05, 0.1) is 13.2 Å². The van der Waals surface area contributed by atoms with E-state index in [1.54, 1.807) is 12.1 Å². The standard InChI is InChI=1S/C16H25FN2O/c1-10-6-11(2)8-12(7-10)16(19-18)14-5-4-13(20-3)9-15(14)17/h4-5,9-12,16,19H,6-8,18H2,1-3H3. The van der Waals surface area contributed by atoms with Crippen LogP contribution < -0.4 is 16.0 Å². The molecule has 1 aromatic carbocycles. The average molecular weight is 280 g/mol. The molecule has 3 atom stereocenters. The predicted octanol–water partition coefficient (Wildman–Crippen LogP) is 3.41. The van der Waals surface area contributed by atoms with Crippen LogP contribution >= 0.6 is 0 Å². The van der Waals surface area contributed by atoms with Gasteiger partial charge in [-0.2, -0.15) is 0 Å². The van der Waals surface area contributed by atoms with Gasteiger partial charge in [-0.25, -0.2) is 4.39 Å². The van der Waals surface area contributed by atoms with E-state index in [1.165, 1.54) is 19.6 Å². The highest BCUT2D eigenvalue weighted by Gasteiger charge is 2.31. The van der Waals surface area contributed by atoms with E-state index in [0.717, 1.165) is 12.8 Å². The largest absolute Gasteiger partial charge is 0.497 e. The van der Waals surface area contributed by atoms with Crippen LogP contribution in [0.5, 0.6) is 5.75 Å². The van der Waals surface area contributed by atoms with Crippen molar-refractivity contribution in [1.29, 1.82) is 0 Å². The van der Waals surface area contributed by atoms with E-state index in [4.69, 9.17) is 10.6 Å². The Morgan fingerprint density at radius 2 is 1.90 bits per heavy atom. The second-order valence-corrected chi connectivity index (χ2v) is 6.21. The molecule has 0 radical (unpaired) electrons. The molecule has 0 heterocycles. The van der Waals surface area contributed by atoms with Crippen LogP contribution in [-0.2, 0) is 0 Å². The molecule has 0 aromatic heterocycles. The summed E-state index contributed by atoms with van der Waals surface area (Å²) in [4.78, 5) is 0. The lowest BCUT2D eigenvalue weighted by Gasteiger charge is -2.36.